The van der Waals surface area contributed by atoms with E-state index in [1.54, 1.807) is 12.3 Å². The van der Waals surface area contributed by atoms with Gasteiger partial charge in [0.1, 0.15) is 5.69 Å². The lowest BCUT2D eigenvalue weighted by Gasteiger charge is -2.05. The molecule has 0 radical (unpaired) electrons. The first-order valence-corrected chi connectivity index (χ1v) is 7.10. The zero-order chi connectivity index (χ0) is 15.9. The number of ether oxygens (including phenoxy) is 1. The highest BCUT2D eigenvalue weighted by Gasteiger charge is 2.09. The maximum absolute atomic E-state index is 12.2. The van der Waals surface area contributed by atoms with E-state index >= 15 is 0 Å². The van der Waals surface area contributed by atoms with Gasteiger partial charge < -0.3 is 4.74 Å². The van der Waals surface area contributed by atoms with Crippen LogP contribution in [0.4, 0.5) is 8.78 Å². The number of unbranched alkanes of at least 4 members (excludes halogenated alkanes) is 1. The van der Waals surface area contributed by atoms with Crippen LogP contribution in [0, 0.1) is 0 Å². The molecule has 0 unspecified atom stereocenters. The van der Waals surface area contributed by atoms with E-state index < -0.39 is 12.0 Å². The average Bonchev–Trinajstić information content (AvgIpc) is 2.53. The van der Waals surface area contributed by atoms with Crippen LogP contribution in [0.5, 0.6) is 0 Å². The molecular formula is C17H17F2NO2. The number of halogens is 2. The molecule has 0 fully saturated rings. The highest BCUT2D eigenvalue weighted by atomic mass is 19.3. The third-order valence-corrected chi connectivity index (χ3v) is 3.34. The van der Waals surface area contributed by atoms with Crippen LogP contribution in [0.3, 0.4) is 0 Å². The first kappa shape index (κ1) is 16.1. The second-order valence-electron chi connectivity index (χ2n) is 5.05. The van der Waals surface area contributed by atoms with Crippen molar-refractivity contribution in [1.29, 1.82) is 0 Å². The molecule has 0 saturated heterocycles. The van der Waals surface area contributed by atoms with Gasteiger partial charge in [0.25, 0.3) is 6.08 Å². The maximum atomic E-state index is 12.2. The number of benzene rings is 1. The fourth-order valence-corrected chi connectivity index (χ4v) is 2.02. The molecule has 0 bridgehead atoms. The minimum Gasteiger partial charge on any atom is -0.461 e. The molecule has 1 aromatic heterocycles. The molecule has 3 nitrogen and oxygen atoms in total. The monoisotopic (exact) mass is 305 g/mol. The van der Waals surface area contributed by atoms with Crippen molar-refractivity contribution in [3.8, 4) is 0 Å². The number of rotatable bonds is 6. The summed E-state index contributed by atoms with van der Waals surface area (Å²) in [6, 6.07) is 9.28. The Labute approximate surface area is 127 Å². The number of allylic oxidation sites excluding steroid dienone is 1. The third-order valence-electron chi connectivity index (χ3n) is 3.34. The van der Waals surface area contributed by atoms with Gasteiger partial charge in [-0.2, -0.15) is 8.78 Å². The second-order valence-corrected chi connectivity index (χ2v) is 5.05. The van der Waals surface area contributed by atoms with Gasteiger partial charge in [-0.1, -0.05) is 24.3 Å². The molecule has 2 aromatic rings. The highest BCUT2D eigenvalue weighted by Crippen LogP contribution is 2.15. The molecule has 0 N–H and O–H groups in total. The van der Waals surface area contributed by atoms with Crippen molar-refractivity contribution in [1.82, 2.24) is 4.98 Å². The van der Waals surface area contributed by atoms with Gasteiger partial charge in [0, 0.05) is 11.6 Å². The van der Waals surface area contributed by atoms with Gasteiger partial charge in [-0.25, -0.2) is 9.78 Å². The Hall–Kier alpha value is -2.30. The summed E-state index contributed by atoms with van der Waals surface area (Å²) in [5, 5.41) is 1.87. The molecule has 0 spiro atoms. The lowest BCUT2D eigenvalue weighted by molar-refractivity contribution is 0.0491. The number of carbonyl (C=O) groups excluding carboxylic acids is 1. The van der Waals surface area contributed by atoms with Crippen LogP contribution >= 0.6 is 0 Å². The van der Waals surface area contributed by atoms with E-state index in [1.807, 2.05) is 24.3 Å². The van der Waals surface area contributed by atoms with Crippen LogP contribution in [-0.2, 0) is 4.74 Å². The van der Waals surface area contributed by atoms with Gasteiger partial charge in [0.05, 0.1) is 6.61 Å². The summed E-state index contributed by atoms with van der Waals surface area (Å²) in [6.45, 7) is 1.61. The number of aromatic nitrogens is 1. The van der Waals surface area contributed by atoms with E-state index in [0.29, 0.717) is 19.3 Å². The first-order chi connectivity index (χ1) is 10.6. The summed E-state index contributed by atoms with van der Waals surface area (Å²) >= 11 is 0. The molecule has 0 amide bonds. The summed E-state index contributed by atoms with van der Waals surface area (Å²) in [5.74, 6) is -0.491. The summed E-state index contributed by atoms with van der Waals surface area (Å²) in [5.41, 5.74) is 0.340. The van der Waals surface area contributed by atoms with Crippen molar-refractivity contribution < 1.29 is 18.3 Å². The Morgan fingerprint density at radius 1 is 1.18 bits per heavy atom. The fourth-order valence-electron chi connectivity index (χ4n) is 2.02. The van der Waals surface area contributed by atoms with Gasteiger partial charge in [0.15, 0.2) is 0 Å². The van der Waals surface area contributed by atoms with E-state index in [2.05, 4.69) is 4.98 Å². The van der Waals surface area contributed by atoms with Crippen molar-refractivity contribution in [3.05, 3.63) is 53.9 Å². The quantitative estimate of drug-likeness (QED) is 0.572. The number of nitrogens with zero attached hydrogens (tertiary/aromatic N) is 1. The SMILES string of the molecule is CC(CCCCOC(=O)c1cc2ccccc2cn1)=C(F)F. The molecular weight excluding hydrogens is 288 g/mol. The van der Waals surface area contributed by atoms with Gasteiger partial charge in [-0.05, 0) is 43.2 Å². The Bertz CT molecular complexity index is 694. The van der Waals surface area contributed by atoms with Crippen LogP contribution in [0.1, 0.15) is 36.7 Å². The Balaban J connectivity index is 1.83. The lowest BCUT2D eigenvalue weighted by Crippen LogP contribution is -2.08. The van der Waals surface area contributed by atoms with E-state index in [1.165, 1.54) is 6.92 Å². The standard InChI is InChI=1S/C17H17F2NO2/c1-12(16(18)19)6-4-5-9-22-17(21)15-10-13-7-2-3-8-14(13)11-20-15/h2-3,7-8,10-11H,4-6,9H2,1H3. The Kier molecular flexibility index (Phi) is 5.58. The zero-order valence-corrected chi connectivity index (χ0v) is 12.3. The number of hydrogen-bond donors (Lipinski definition) is 0. The molecule has 1 heterocycles. The molecule has 0 atom stereocenters. The van der Waals surface area contributed by atoms with Crippen LogP contribution in [0.15, 0.2) is 48.2 Å². The largest absolute Gasteiger partial charge is 0.461 e. The minimum absolute atomic E-state index is 0.0857. The number of pyridine rings is 1. The molecule has 0 aliphatic carbocycles. The van der Waals surface area contributed by atoms with Gasteiger partial charge >= 0.3 is 5.97 Å². The third kappa shape index (κ3) is 4.35. The molecule has 0 aliphatic heterocycles. The van der Waals surface area contributed by atoms with Crippen molar-refractivity contribution in [2.75, 3.05) is 6.61 Å². The lowest BCUT2D eigenvalue weighted by atomic mass is 10.1. The van der Waals surface area contributed by atoms with Gasteiger partial charge in [-0.15, -0.1) is 0 Å². The number of esters is 1. The molecule has 2 rings (SSSR count). The van der Waals surface area contributed by atoms with Crippen LogP contribution in [-0.4, -0.2) is 17.6 Å². The predicted octanol–water partition coefficient (Wildman–Crippen LogP) is 4.73. The number of fused-ring (bicyclic) bond motifs is 1. The molecule has 116 valence electrons. The normalized spacial score (nSPS) is 10.5. The van der Waals surface area contributed by atoms with E-state index in [-0.39, 0.29) is 17.9 Å². The van der Waals surface area contributed by atoms with Crippen LogP contribution < -0.4 is 0 Å². The Morgan fingerprint density at radius 2 is 1.91 bits per heavy atom. The van der Waals surface area contributed by atoms with Crippen molar-refractivity contribution in [3.63, 3.8) is 0 Å². The van der Waals surface area contributed by atoms with Crippen molar-refractivity contribution in [2.45, 2.75) is 26.2 Å². The summed E-state index contributed by atoms with van der Waals surface area (Å²) < 4.78 is 29.5. The molecule has 5 heteroatoms. The summed E-state index contributed by atoms with van der Waals surface area (Å²) in [4.78, 5) is 16.0. The van der Waals surface area contributed by atoms with Crippen LogP contribution in [0.25, 0.3) is 10.8 Å². The van der Waals surface area contributed by atoms with Gasteiger partial charge in [-0.3, -0.25) is 0 Å². The van der Waals surface area contributed by atoms with Crippen molar-refractivity contribution >= 4 is 16.7 Å². The topological polar surface area (TPSA) is 39.2 Å². The summed E-state index contributed by atoms with van der Waals surface area (Å²) in [7, 11) is 0. The first-order valence-electron chi connectivity index (χ1n) is 7.10. The number of carbonyl (C=O) groups is 1. The fraction of sp³-hybridized carbons (Fsp3) is 0.294. The molecule has 22 heavy (non-hydrogen) atoms. The Morgan fingerprint density at radius 3 is 2.64 bits per heavy atom. The molecule has 0 aliphatic rings. The van der Waals surface area contributed by atoms with Gasteiger partial charge in [0.2, 0.25) is 0 Å². The predicted molar refractivity (Wildman–Crippen MR) is 80.8 cm³/mol. The number of hydrogen-bond acceptors (Lipinski definition) is 3. The minimum atomic E-state index is -1.63. The molecule has 1 aromatic carbocycles. The maximum Gasteiger partial charge on any atom is 0.356 e. The average molecular weight is 305 g/mol. The van der Waals surface area contributed by atoms with E-state index in [4.69, 9.17) is 4.74 Å². The van der Waals surface area contributed by atoms with Crippen LogP contribution in [0.2, 0.25) is 0 Å². The summed E-state index contributed by atoms with van der Waals surface area (Å²) in [6.07, 6.45) is 1.42. The smallest absolute Gasteiger partial charge is 0.356 e. The second kappa shape index (κ2) is 7.64. The van der Waals surface area contributed by atoms with E-state index in [9.17, 15) is 13.6 Å². The van der Waals surface area contributed by atoms with E-state index in [0.717, 1.165) is 10.8 Å². The molecule has 0 saturated carbocycles. The highest BCUT2D eigenvalue weighted by molar-refractivity contribution is 5.92. The zero-order valence-electron chi connectivity index (χ0n) is 12.3. The van der Waals surface area contributed by atoms with Crippen molar-refractivity contribution in [2.24, 2.45) is 0 Å².